The summed E-state index contributed by atoms with van der Waals surface area (Å²) in [5.74, 6) is 0.589. The predicted octanol–water partition coefficient (Wildman–Crippen LogP) is 2.28. The standard InChI is InChI=1S/C11H13ClN4O/c1-7(13)9-4-3-8(5-10(9)12)17-11-14-6-16(2)15-11/h3-7H,13H2,1-2H3. The average molecular weight is 253 g/mol. The van der Waals surface area contributed by atoms with Gasteiger partial charge in [-0.3, -0.25) is 4.68 Å². The Bertz CT molecular complexity index is 524. The highest BCUT2D eigenvalue weighted by molar-refractivity contribution is 6.31. The maximum absolute atomic E-state index is 6.09. The van der Waals surface area contributed by atoms with Gasteiger partial charge in [-0.15, -0.1) is 5.10 Å². The van der Waals surface area contributed by atoms with E-state index in [0.29, 0.717) is 10.8 Å². The summed E-state index contributed by atoms with van der Waals surface area (Å²) in [5, 5.41) is 4.59. The van der Waals surface area contributed by atoms with Gasteiger partial charge in [-0.2, -0.15) is 4.98 Å². The van der Waals surface area contributed by atoms with Crippen molar-refractivity contribution in [2.24, 2.45) is 12.8 Å². The Morgan fingerprint density at radius 3 is 2.76 bits per heavy atom. The van der Waals surface area contributed by atoms with Crippen LogP contribution in [0, 0.1) is 0 Å². The minimum atomic E-state index is -0.107. The first-order valence-electron chi connectivity index (χ1n) is 5.15. The van der Waals surface area contributed by atoms with Crippen LogP contribution in [0.25, 0.3) is 0 Å². The lowest BCUT2D eigenvalue weighted by Crippen LogP contribution is -2.05. The molecule has 5 nitrogen and oxygen atoms in total. The molecule has 0 aliphatic rings. The lowest BCUT2D eigenvalue weighted by Gasteiger charge is -2.09. The van der Waals surface area contributed by atoms with Crippen molar-refractivity contribution in [3.8, 4) is 11.8 Å². The first kappa shape index (κ1) is 11.9. The number of rotatable bonds is 3. The zero-order valence-electron chi connectivity index (χ0n) is 9.59. The van der Waals surface area contributed by atoms with Gasteiger partial charge in [0.15, 0.2) is 0 Å². The number of nitrogens with zero attached hydrogens (tertiary/aromatic N) is 3. The van der Waals surface area contributed by atoms with Crippen molar-refractivity contribution in [1.29, 1.82) is 0 Å². The molecule has 1 heterocycles. The van der Waals surface area contributed by atoms with E-state index in [-0.39, 0.29) is 12.1 Å². The molecule has 2 aromatic rings. The van der Waals surface area contributed by atoms with Gasteiger partial charge < -0.3 is 10.5 Å². The molecule has 0 bridgehead atoms. The molecule has 0 amide bonds. The van der Waals surface area contributed by atoms with Crippen LogP contribution in [-0.4, -0.2) is 14.8 Å². The molecule has 1 atom stereocenters. The summed E-state index contributed by atoms with van der Waals surface area (Å²) in [6.07, 6.45) is 1.56. The summed E-state index contributed by atoms with van der Waals surface area (Å²) in [7, 11) is 1.77. The van der Waals surface area contributed by atoms with Gasteiger partial charge in [0, 0.05) is 18.1 Å². The van der Waals surface area contributed by atoms with E-state index in [1.165, 1.54) is 0 Å². The Balaban J connectivity index is 2.20. The Hall–Kier alpha value is -1.59. The molecule has 0 saturated heterocycles. The van der Waals surface area contributed by atoms with Gasteiger partial charge in [0.2, 0.25) is 0 Å². The van der Waals surface area contributed by atoms with Crippen LogP contribution in [0.15, 0.2) is 24.5 Å². The SMILES string of the molecule is CC(N)c1ccc(Oc2ncn(C)n2)cc1Cl. The topological polar surface area (TPSA) is 66.0 Å². The fraction of sp³-hybridized carbons (Fsp3) is 0.273. The van der Waals surface area contributed by atoms with Crippen LogP contribution in [0.2, 0.25) is 5.02 Å². The monoisotopic (exact) mass is 252 g/mol. The van der Waals surface area contributed by atoms with Gasteiger partial charge in [0.1, 0.15) is 12.1 Å². The molecule has 2 N–H and O–H groups in total. The van der Waals surface area contributed by atoms with Crippen molar-refractivity contribution in [2.45, 2.75) is 13.0 Å². The minimum absolute atomic E-state index is 0.107. The Kier molecular flexibility index (Phi) is 3.31. The van der Waals surface area contributed by atoms with Gasteiger partial charge in [-0.1, -0.05) is 17.7 Å². The van der Waals surface area contributed by atoms with Gasteiger partial charge in [0.05, 0.1) is 0 Å². The molecule has 0 spiro atoms. The Labute approximate surface area is 104 Å². The van der Waals surface area contributed by atoms with Crippen LogP contribution in [0.1, 0.15) is 18.5 Å². The number of ether oxygens (including phenoxy) is 1. The minimum Gasteiger partial charge on any atom is -0.423 e. The van der Waals surface area contributed by atoms with Crippen molar-refractivity contribution in [3.05, 3.63) is 35.1 Å². The van der Waals surface area contributed by atoms with Crippen molar-refractivity contribution in [2.75, 3.05) is 0 Å². The Morgan fingerprint density at radius 1 is 1.47 bits per heavy atom. The van der Waals surface area contributed by atoms with Gasteiger partial charge in [0.25, 0.3) is 0 Å². The molecule has 2 rings (SSSR count). The maximum atomic E-state index is 6.09. The highest BCUT2D eigenvalue weighted by Gasteiger charge is 2.08. The van der Waals surface area contributed by atoms with Crippen LogP contribution in [0.5, 0.6) is 11.8 Å². The second-order valence-corrected chi connectivity index (χ2v) is 4.18. The van der Waals surface area contributed by atoms with E-state index >= 15 is 0 Å². The quantitative estimate of drug-likeness (QED) is 0.910. The highest BCUT2D eigenvalue weighted by Crippen LogP contribution is 2.27. The molecular weight excluding hydrogens is 240 g/mol. The van der Waals surface area contributed by atoms with Crippen molar-refractivity contribution >= 4 is 11.6 Å². The summed E-state index contributed by atoms with van der Waals surface area (Å²) in [5.41, 5.74) is 6.65. The van der Waals surface area contributed by atoms with E-state index < -0.39 is 0 Å². The molecule has 0 saturated carbocycles. The first-order chi connectivity index (χ1) is 8.06. The van der Waals surface area contributed by atoms with Gasteiger partial charge >= 0.3 is 6.01 Å². The summed E-state index contributed by atoms with van der Waals surface area (Å²) >= 11 is 6.09. The second kappa shape index (κ2) is 4.73. The van der Waals surface area contributed by atoms with E-state index in [2.05, 4.69) is 10.1 Å². The third-order valence-electron chi connectivity index (χ3n) is 2.25. The van der Waals surface area contributed by atoms with Gasteiger partial charge in [-0.05, 0) is 24.6 Å². The lowest BCUT2D eigenvalue weighted by molar-refractivity contribution is 0.438. The molecular formula is C11H13ClN4O. The third kappa shape index (κ3) is 2.75. The van der Waals surface area contributed by atoms with Crippen molar-refractivity contribution < 1.29 is 4.74 Å². The largest absolute Gasteiger partial charge is 0.423 e. The lowest BCUT2D eigenvalue weighted by atomic mass is 10.1. The zero-order valence-corrected chi connectivity index (χ0v) is 10.3. The molecule has 1 aromatic heterocycles. The number of halogens is 1. The summed E-state index contributed by atoms with van der Waals surface area (Å²) in [6.45, 7) is 1.88. The van der Waals surface area contributed by atoms with E-state index in [1.807, 2.05) is 13.0 Å². The van der Waals surface area contributed by atoms with Crippen LogP contribution in [0.3, 0.4) is 0 Å². The average Bonchev–Trinajstić information content (AvgIpc) is 2.63. The van der Waals surface area contributed by atoms with Crippen molar-refractivity contribution in [1.82, 2.24) is 14.8 Å². The van der Waals surface area contributed by atoms with Crippen LogP contribution >= 0.6 is 11.6 Å². The molecule has 17 heavy (non-hydrogen) atoms. The van der Waals surface area contributed by atoms with Gasteiger partial charge in [-0.25, -0.2) is 0 Å². The number of benzene rings is 1. The molecule has 0 fully saturated rings. The fourth-order valence-electron chi connectivity index (χ4n) is 1.41. The number of aromatic nitrogens is 3. The van der Waals surface area contributed by atoms with E-state index in [1.54, 1.807) is 30.2 Å². The number of nitrogens with two attached hydrogens (primary N) is 1. The van der Waals surface area contributed by atoms with Crippen molar-refractivity contribution in [3.63, 3.8) is 0 Å². The van der Waals surface area contributed by atoms with E-state index in [9.17, 15) is 0 Å². The zero-order chi connectivity index (χ0) is 12.4. The number of hydrogen-bond acceptors (Lipinski definition) is 4. The van der Waals surface area contributed by atoms with E-state index in [0.717, 1.165) is 5.56 Å². The highest BCUT2D eigenvalue weighted by atomic mass is 35.5. The molecule has 90 valence electrons. The first-order valence-corrected chi connectivity index (χ1v) is 5.52. The molecule has 0 radical (unpaired) electrons. The van der Waals surface area contributed by atoms with Crippen LogP contribution in [0.4, 0.5) is 0 Å². The van der Waals surface area contributed by atoms with Crippen LogP contribution in [-0.2, 0) is 7.05 Å². The predicted molar refractivity (Wildman–Crippen MR) is 65.1 cm³/mol. The third-order valence-corrected chi connectivity index (χ3v) is 2.58. The fourth-order valence-corrected chi connectivity index (χ4v) is 1.75. The summed E-state index contributed by atoms with van der Waals surface area (Å²) < 4.78 is 7.01. The number of hydrogen-bond donors (Lipinski definition) is 1. The maximum Gasteiger partial charge on any atom is 0.340 e. The normalized spacial score (nSPS) is 12.5. The molecule has 1 unspecified atom stereocenters. The molecule has 1 aromatic carbocycles. The number of aryl methyl sites for hydroxylation is 1. The Morgan fingerprint density at radius 2 is 2.24 bits per heavy atom. The molecule has 6 heteroatoms. The van der Waals surface area contributed by atoms with Crippen LogP contribution < -0.4 is 10.5 Å². The molecule has 0 aliphatic heterocycles. The second-order valence-electron chi connectivity index (χ2n) is 3.77. The summed E-state index contributed by atoms with van der Waals surface area (Å²) in [6, 6.07) is 5.52. The summed E-state index contributed by atoms with van der Waals surface area (Å²) in [4.78, 5) is 3.96. The smallest absolute Gasteiger partial charge is 0.340 e. The van der Waals surface area contributed by atoms with E-state index in [4.69, 9.17) is 22.1 Å². The molecule has 0 aliphatic carbocycles.